The normalized spacial score (nSPS) is 13.6. The van der Waals surface area contributed by atoms with Gasteiger partial charge in [0.05, 0.1) is 37.2 Å². The van der Waals surface area contributed by atoms with Crippen molar-refractivity contribution in [3.8, 4) is 0 Å². The molecule has 13 heteroatoms. The zero-order valence-corrected chi connectivity index (χ0v) is 22.8. The van der Waals surface area contributed by atoms with Crippen molar-refractivity contribution in [1.82, 2.24) is 4.90 Å². The molecule has 12 nitrogen and oxygen atoms in total. The fourth-order valence-electron chi connectivity index (χ4n) is 4.47. The number of hydrogen-bond donors (Lipinski definition) is 0. The lowest BCUT2D eigenvalue weighted by Crippen LogP contribution is -2.44. The minimum Gasteiger partial charge on any atom is -0.367 e. The molecule has 200 valence electrons. The average molecular weight is 595 g/mol. The number of likely N-dealkylation sites (N-methyl/N-ethyl adjacent to an activating group) is 1. The van der Waals surface area contributed by atoms with Crippen molar-refractivity contribution in [3.63, 3.8) is 0 Å². The van der Waals surface area contributed by atoms with Gasteiger partial charge in [-0.1, -0.05) is 12.1 Å². The molecule has 0 N–H and O–H groups in total. The van der Waals surface area contributed by atoms with E-state index in [1.54, 1.807) is 37.3 Å². The Balaban J connectivity index is 1.55. The van der Waals surface area contributed by atoms with Crippen LogP contribution in [-0.2, 0) is 0 Å². The number of halogens is 1. The summed E-state index contributed by atoms with van der Waals surface area (Å²) in [6.45, 7) is 6.51. The summed E-state index contributed by atoms with van der Waals surface area (Å²) in [5.41, 5.74) is 1.69. The van der Waals surface area contributed by atoms with Crippen molar-refractivity contribution in [1.29, 1.82) is 0 Å². The molecule has 0 aromatic heterocycles. The number of carbonyl (C=O) groups excluding carboxylic acids is 2. The molecule has 0 saturated carbocycles. The van der Waals surface area contributed by atoms with Gasteiger partial charge in [0.1, 0.15) is 0 Å². The number of azo groups is 1. The molecule has 1 unspecified atom stereocenters. The number of hydrogen-bond acceptors (Lipinski definition) is 9. The van der Waals surface area contributed by atoms with Gasteiger partial charge in [-0.05, 0) is 72.6 Å². The molecule has 1 atom stereocenters. The summed E-state index contributed by atoms with van der Waals surface area (Å²) in [4.78, 5) is 50.0. The third kappa shape index (κ3) is 5.39. The Morgan fingerprint density at radius 3 is 2.15 bits per heavy atom. The lowest BCUT2D eigenvalue weighted by Gasteiger charge is -2.32. The van der Waals surface area contributed by atoms with E-state index in [-0.39, 0.29) is 34.6 Å². The zero-order chi connectivity index (χ0) is 28.4. The molecule has 0 bridgehead atoms. The molecule has 0 saturated heterocycles. The highest BCUT2D eigenvalue weighted by Crippen LogP contribution is 2.40. The zero-order valence-electron chi connectivity index (χ0n) is 21.2. The fraction of sp³-hybridized carbons (Fsp3) is 0.231. The van der Waals surface area contributed by atoms with Gasteiger partial charge in [0.25, 0.3) is 17.5 Å². The van der Waals surface area contributed by atoms with Gasteiger partial charge in [0.2, 0.25) is 0 Å². The molecule has 4 rings (SSSR count). The van der Waals surface area contributed by atoms with Gasteiger partial charge >= 0.3 is 5.69 Å². The molecule has 3 aromatic carbocycles. The van der Waals surface area contributed by atoms with Crippen LogP contribution in [0.1, 0.15) is 40.1 Å². The van der Waals surface area contributed by atoms with Crippen LogP contribution in [0.2, 0.25) is 0 Å². The van der Waals surface area contributed by atoms with Crippen LogP contribution in [0.25, 0.3) is 0 Å². The average Bonchev–Trinajstić information content (AvgIpc) is 3.13. The van der Waals surface area contributed by atoms with Gasteiger partial charge in [0.15, 0.2) is 5.69 Å². The second kappa shape index (κ2) is 11.1. The van der Waals surface area contributed by atoms with E-state index in [1.807, 2.05) is 26.0 Å². The molecule has 0 spiro atoms. The maximum absolute atomic E-state index is 12.8. The second-order valence-electron chi connectivity index (χ2n) is 8.88. The Bertz CT molecular complexity index is 1510. The van der Waals surface area contributed by atoms with Crippen LogP contribution >= 0.6 is 15.9 Å². The molecule has 0 radical (unpaired) electrons. The van der Waals surface area contributed by atoms with Crippen molar-refractivity contribution in [3.05, 3.63) is 96.0 Å². The number of fused-ring (bicyclic) bond motifs is 1. The second-order valence-corrected chi connectivity index (χ2v) is 9.74. The quantitative estimate of drug-likeness (QED) is 0.118. The molecule has 3 aromatic rings. The van der Waals surface area contributed by atoms with Crippen molar-refractivity contribution >= 4 is 56.2 Å². The van der Waals surface area contributed by atoms with Crippen LogP contribution in [0.4, 0.5) is 28.4 Å². The number of non-ortho nitro benzene ring substituents is 1. The van der Waals surface area contributed by atoms with Crippen LogP contribution in [0, 0.1) is 27.2 Å². The number of nitro groups is 2. The summed E-state index contributed by atoms with van der Waals surface area (Å²) in [6.07, 6.45) is 0. The number of anilines is 1. The number of benzene rings is 3. The van der Waals surface area contributed by atoms with Crippen LogP contribution in [0.3, 0.4) is 0 Å². The van der Waals surface area contributed by atoms with Gasteiger partial charge in [-0.25, -0.2) is 0 Å². The van der Waals surface area contributed by atoms with E-state index in [9.17, 15) is 29.8 Å². The monoisotopic (exact) mass is 594 g/mol. The molecule has 0 aliphatic carbocycles. The molecular formula is C26H23BrN6O6. The van der Waals surface area contributed by atoms with E-state index in [0.29, 0.717) is 23.4 Å². The first kappa shape index (κ1) is 27.5. The summed E-state index contributed by atoms with van der Waals surface area (Å²) in [5, 5.41) is 30.7. The highest BCUT2D eigenvalue weighted by molar-refractivity contribution is 9.10. The molecule has 1 heterocycles. The van der Waals surface area contributed by atoms with Gasteiger partial charge in [0, 0.05) is 30.9 Å². The number of carbonyl (C=O) groups is 2. The molecule has 39 heavy (non-hydrogen) atoms. The fourth-order valence-corrected chi connectivity index (χ4v) is 4.98. The predicted octanol–water partition coefficient (Wildman–Crippen LogP) is 6.50. The Labute approximate surface area is 231 Å². The first-order valence-electron chi connectivity index (χ1n) is 11.9. The Morgan fingerprint density at radius 2 is 1.62 bits per heavy atom. The van der Waals surface area contributed by atoms with Crippen LogP contribution in [-0.4, -0.2) is 45.7 Å². The molecular weight excluding hydrogens is 572 g/mol. The van der Waals surface area contributed by atoms with Crippen molar-refractivity contribution < 1.29 is 19.4 Å². The van der Waals surface area contributed by atoms with E-state index in [1.165, 1.54) is 4.90 Å². The van der Waals surface area contributed by atoms with E-state index in [2.05, 4.69) is 31.1 Å². The molecule has 2 amide bonds. The van der Waals surface area contributed by atoms with Crippen LogP contribution in [0.5, 0.6) is 0 Å². The topological polar surface area (TPSA) is 152 Å². The lowest BCUT2D eigenvalue weighted by molar-refractivity contribution is -0.393. The number of nitro benzene ring substituents is 2. The van der Waals surface area contributed by atoms with Crippen LogP contribution < -0.4 is 4.90 Å². The molecule has 1 aliphatic rings. The van der Waals surface area contributed by atoms with Crippen LogP contribution in [0.15, 0.2) is 69.3 Å². The van der Waals surface area contributed by atoms with Gasteiger partial charge < -0.3 is 4.90 Å². The molecule has 0 fully saturated rings. The first-order valence-corrected chi connectivity index (χ1v) is 12.7. The van der Waals surface area contributed by atoms with E-state index >= 15 is 0 Å². The van der Waals surface area contributed by atoms with Gasteiger partial charge in [-0.2, -0.15) is 0 Å². The third-order valence-electron chi connectivity index (χ3n) is 6.40. The van der Waals surface area contributed by atoms with Gasteiger partial charge in [-0.3, -0.25) is 34.7 Å². The van der Waals surface area contributed by atoms with Crippen molar-refractivity contribution in [2.75, 3.05) is 18.0 Å². The summed E-state index contributed by atoms with van der Waals surface area (Å²) < 4.78 is 0.0700. The van der Waals surface area contributed by atoms with E-state index < -0.39 is 21.2 Å². The minimum atomic E-state index is -0.753. The standard InChI is InChI=1S/C26H23BrN6O6/c1-4-30(16(3)14-31-25(34)19-7-5-6-8-20(19)26(31)35)17-9-10-22(15(2)11-17)28-29-24-21(27)12-18(32(36)37)13-23(24)33(38)39/h5-13,16H,4,14H2,1-3H3. The highest BCUT2D eigenvalue weighted by Gasteiger charge is 2.36. The number of nitrogens with zero attached hydrogens (tertiary/aromatic N) is 6. The van der Waals surface area contributed by atoms with Crippen molar-refractivity contribution in [2.45, 2.75) is 26.8 Å². The Kier molecular flexibility index (Phi) is 7.81. The third-order valence-corrected chi connectivity index (χ3v) is 7.01. The summed E-state index contributed by atoms with van der Waals surface area (Å²) in [6, 6.07) is 13.9. The smallest absolute Gasteiger partial charge is 0.304 e. The van der Waals surface area contributed by atoms with E-state index in [4.69, 9.17) is 0 Å². The highest BCUT2D eigenvalue weighted by atomic mass is 79.9. The largest absolute Gasteiger partial charge is 0.367 e. The number of aryl methyl sites for hydroxylation is 1. The number of amides is 2. The SMILES string of the molecule is CCN(c1ccc(N=Nc2c(Br)cc([N+](=O)[O-])cc2[N+](=O)[O-])c(C)c1)C(C)CN1C(=O)c2ccccc2C1=O. The maximum atomic E-state index is 12.8. The summed E-state index contributed by atoms with van der Waals surface area (Å²) in [5.74, 6) is -0.617. The predicted molar refractivity (Wildman–Crippen MR) is 147 cm³/mol. The first-order chi connectivity index (χ1) is 18.5. The molecule has 1 aliphatic heterocycles. The minimum absolute atomic E-state index is 0.0700. The summed E-state index contributed by atoms with van der Waals surface area (Å²) in [7, 11) is 0. The number of rotatable bonds is 9. The number of imide groups is 1. The maximum Gasteiger partial charge on any atom is 0.304 e. The Hall–Kier alpha value is -4.52. The summed E-state index contributed by atoms with van der Waals surface area (Å²) >= 11 is 3.12. The van der Waals surface area contributed by atoms with Crippen molar-refractivity contribution in [2.24, 2.45) is 10.2 Å². The van der Waals surface area contributed by atoms with E-state index in [0.717, 1.165) is 23.4 Å². The lowest BCUT2D eigenvalue weighted by atomic mass is 10.1. The van der Waals surface area contributed by atoms with Gasteiger partial charge in [-0.15, -0.1) is 10.2 Å². The Morgan fingerprint density at radius 1 is 0.974 bits per heavy atom.